The number of phenolic OH excluding ortho intramolecular Hbond substituents is 1. The Morgan fingerprint density at radius 2 is 2.20 bits per heavy atom. The van der Waals surface area contributed by atoms with Gasteiger partial charge in [0, 0.05) is 24.2 Å². The summed E-state index contributed by atoms with van der Waals surface area (Å²) in [7, 11) is 0. The summed E-state index contributed by atoms with van der Waals surface area (Å²) in [6.07, 6.45) is 0. The minimum atomic E-state index is -0.291. The zero-order valence-corrected chi connectivity index (χ0v) is 11.8. The van der Waals surface area contributed by atoms with Gasteiger partial charge >= 0.3 is 0 Å². The Kier molecular flexibility index (Phi) is 4.02. The average molecular weight is 274 g/mol. The van der Waals surface area contributed by atoms with Gasteiger partial charge in [0.2, 0.25) is 5.82 Å². The Morgan fingerprint density at radius 3 is 2.75 bits per heavy atom. The number of hydrogen-bond donors (Lipinski definition) is 2. The Bertz CT molecular complexity index is 607. The predicted octanol–water partition coefficient (Wildman–Crippen LogP) is 2.30. The Hall–Kier alpha value is -2.37. The van der Waals surface area contributed by atoms with E-state index in [2.05, 4.69) is 15.2 Å². The second kappa shape index (κ2) is 5.73. The molecule has 6 heteroatoms. The molecule has 0 aliphatic carbocycles. The van der Waals surface area contributed by atoms with Gasteiger partial charge in [-0.25, -0.2) is 4.98 Å². The molecule has 106 valence electrons. The van der Waals surface area contributed by atoms with Gasteiger partial charge in [0.1, 0.15) is 11.6 Å². The van der Waals surface area contributed by atoms with Gasteiger partial charge in [-0.1, -0.05) is 19.9 Å². The molecule has 20 heavy (non-hydrogen) atoms. The van der Waals surface area contributed by atoms with Crippen molar-refractivity contribution in [1.82, 2.24) is 15.2 Å². The van der Waals surface area contributed by atoms with Crippen LogP contribution in [0.1, 0.15) is 43.1 Å². The maximum Gasteiger partial charge on any atom is 0.297 e. The van der Waals surface area contributed by atoms with E-state index in [1.165, 1.54) is 11.0 Å². The average Bonchev–Trinajstić information content (AvgIpc) is 2.89. The van der Waals surface area contributed by atoms with E-state index in [9.17, 15) is 9.90 Å². The molecular weight excluding hydrogens is 256 g/mol. The topological polar surface area (TPSA) is 82.1 Å². The van der Waals surface area contributed by atoms with E-state index in [-0.39, 0.29) is 23.4 Å². The molecule has 0 spiro atoms. The van der Waals surface area contributed by atoms with E-state index >= 15 is 0 Å². The lowest BCUT2D eigenvalue weighted by molar-refractivity contribution is 0.0978. The Balaban J connectivity index is 2.29. The molecule has 1 heterocycles. The second-order valence-corrected chi connectivity index (χ2v) is 4.77. The number of anilines is 1. The molecular formula is C14H18N4O2. The van der Waals surface area contributed by atoms with Gasteiger partial charge in [-0.05, 0) is 19.1 Å². The number of aromatic nitrogens is 3. The molecule has 0 atom stereocenters. The quantitative estimate of drug-likeness (QED) is 0.896. The third kappa shape index (κ3) is 2.79. The molecule has 2 aromatic rings. The normalized spacial score (nSPS) is 10.8. The maximum atomic E-state index is 12.4. The summed E-state index contributed by atoms with van der Waals surface area (Å²) in [5.41, 5.74) is 0.619. The number of carbonyl (C=O) groups excluding carboxylic acids is 1. The minimum Gasteiger partial charge on any atom is -0.508 e. The van der Waals surface area contributed by atoms with E-state index in [0.717, 1.165) is 0 Å². The van der Waals surface area contributed by atoms with Gasteiger partial charge in [-0.3, -0.25) is 9.89 Å². The number of aromatic amines is 1. The highest BCUT2D eigenvalue weighted by Crippen LogP contribution is 2.21. The highest BCUT2D eigenvalue weighted by Gasteiger charge is 2.21. The summed E-state index contributed by atoms with van der Waals surface area (Å²) in [4.78, 5) is 18.1. The molecule has 0 bridgehead atoms. The van der Waals surface area contributed by atoms with Crippen LogP contribution in [0, 0.1) is 0 Å². The molecule has 0 aliphatic rings. The molecule has 0 saturated heterocycles. The smallest absolute Gasteiger partial charge is 0.297 e. The van der Waals surface area contributed by atoms with Crippen LogP contribution in [0.4, 0.5) is 5.69 Å². The van der Waals surface area contributed by atoms with Crippen molar-refractivity contribution in [2.45, 2.75) is 26.7 Å². The number of nitrogens with zero attached hydrogens (tertiary/aromatic N) is 3. The van der Waals surface area contributed by atoms with Gasteiger partial charge in [0.15, 0.2) is 0 Å². The van der Waals surface area contributed by atoms with Crippen LogP contribution in [-0.4, -0.2) is 32.7 Å². The molecule has 1 aromatic heterocycles. The molecule has 2 rings (SSSR count). The molecule has 0 radical (unpaired) electrons. The van der Waals surface area contributed by atoms with Crippen LogP contribution < -0.4 is 4.90 Å². The number of carbonyl (C=O) groups is 1. The van der Waals surface area contributed by atoms with Crippen LogP contribution in [0.3, 0.4) is 0 Å². The Labute approximate surface area is 117 Å². The maximum absolute atomic E-state index is 12.4. The van der Waals surface area contributed by atoms with E-state index in [0.29, 0.717) is 18.1 Å². The van der Waals surface area contributed by atoms with Crippen molar-refractivity contribution < 1.29 is 9.90 Å². The van der Waals surface area contributed by atoms with Crippen LogP contribution >= 0.6 is 0 Å². The third-order valence-corrected chi connectivity index (χ3v) is 2.94. The van der Waals surface area contributed by atoms with Gasteiger partial charge in [-0.15, -0.1) is 5.10 Å². The number of rotatable bonds is 4. The standard InChI is InChI=1S/C14H18N4O2/c1-4-18(10-6-5-7-11(19)8-10)14(20)13-15-12(9(2)3)16-17-13/h5-9,19H,4H2,1-3H3,(H,15,16,17). The first-order valence-corrected chi connectivity index (χ1v) is 6.56. The second-order valence-electron chi connectivity index (χ2n) is 4.77. The van der Waals surface area contributed by atoms with Crippen LogP contribution in [-0.2, 0) is 0 Å². The summed E-state index contributed by atoms with van der Waals surface area (Å²) in [6.45, 7) is 6.27. The van der Waals surface area contributed by atoms with E-state index in [1.54, 1.807) is 18.2 Å². The summed E-state index contributed by atoms with van der Waals surface area (Å²) in [5, 5.41) is 16.2. The number of amides is 1. The number of benzene rings is 1. The zero-order chi connectivity index (χ0) is 14.7. The van der Waals surface area contributed by atoms with Crippen molar-refractivity contribution in [2.24, 2.45) is 0 Å². The lowest BCUT2D eigenvalue weighted by atomic mass is 10.2. The third-order valence-electron chi connectivity index (χ3n) is 2.94. The molecule has 1 aromatic carbocycles. The lowest BCUT2D eigenvalue weighted by Gasteiger charge is -2.19. The first-order valence-electron chi connectivity index (χ1n) is 6.56. The first kappa shape index (κ1) is 14.0. The van der Waals surface area contributed by atoms with Crippen LogP contribution in [0.15, 0.2) is 24.3 Å². The van der Waals surface area contributed by atoms with E-state index < -0.39 is 0 Å². The lowest BCUT2D eigenvalue weighted by Crippen LogP contribution is -2.31. The van der Waals surface area contributed by atoms with Crippen molar-refractivity contribution in [3.63, 3.8) is 0 Å². The first-order chi connectivity index (χ1) is 9.52. The highest BCUT2D eigenvalue weighted by molar-refractivity contribution is 6.03. The minimum absolute atomic E-state index is 0.117. The van der Waals surface area contributed by atoms with Crippen LogP contribution in [0.5, 0.6) is 5.75 Å². The summed E-state index contributed by atoms with van der Waals surface area (Å²) in [5.74, 6) is 0.826. The van der Waals surface area contributed by atoms with Crippen molar-refractivity contribution in [3.05, 3.63) is 35.9 Å². The highest BCUT2D eigenvalue weighted by atomic mass is 16.3. The fourth-order valence-electron chi connectivity index (χ4n) is 1.85. The van der Waals surface area contributed by atoms with E-state index in [4.69, 9.17) is 0 Å². The number of phenols is 1. The van der Waals surface area contributed by atoms with Gasteiger partial charge in [-0.2, -0.15) is 0 Å². The van der Waals surface area contributed by atoms with E-state index in [1.807, 2.05) is 20.8 Å². The molecule has 6 nitrogen and oxygen atoms in total. The van der Waals surface area contributed by atoms with Gasteiger partial charge in [0.05, 0.1) is 0 Å². The molecule has 0 aliphatic heterocycles. The molecule has 0 unspecified atom stereocenters. The predicted molar refractivity (Wildman–Crippen MR) is 75.9 cm³/mol. The molecule has 1 amide bonds. The SMILES string of the molecule is CCN(C(=O)c1n[nH]c(C(C)C)n1)c1cccc(O)c1. The van der Waals surface area contributed by atoms with Gasteiger partial charge < -0.3 is 10.0 Å². The molecule has 0 fully saturated rings. The number of H-pyrrole nitrogens is 1. The molecule has 0 saturated carbocycles. The number of nitrogens with one attached hydrogen (secondary N) is 1. The summed E-state index contributed by atoms with van der Waals surface area (Å²) < 4.78 is 0. The molecule has 2 N–H and O–H groups in total. The number of hydrogen-bond acceptors (Lipinski definition) is 4. The van der Waals surface area contributed by atoms with Crippen LogP contribution in [0.25, 0.3) is 0 Å². The van der Waals surface area contributed by atoms with Crippen molar-refractivity contribution in [3.8, 4) is 5.75 Å². The largest absolute Gasteiger partial charge is 0.508 e. The van der Waals surface area contributed by atoms with Crippen molar-refractivity contribution >= 4 is 11.6 Å². The monoisotopic (exact) mass is 274 g/mol. The fraction of sp³-hybridized carbons (Fsp3) is 0.357. The van der Waals surface area contributed by atoms with Gasteiger partial charge in [0.25, 0.3) is 5.91 Å². The van der Waals surface area contributed by atoms with Crippen molar-refractivity contribution in [2.75, 3.05) is 11.4 Å². The zero-order valence-electron chi connectivity index (χ0n) is 11.8. The number of aromatic hydroxyl groups is 1. The summed E-state index contributed by atoms with van der Waals surface area (Å²) in [6, 6.07) is 6.55. The van der Waals surface area contributed by atoms with Crippen LogP contribution in [0.2, 0.25) is 0 Å². The van der Waals surface area contributed by atoms with Crippen molar-refractivity contribution in [1.29, 1.82) is 0 Å². The fourth-order valence-corrected chi connectivity index (χ4v) is 1.85. The summed E-state index contributed by atoms with van der Waals surface area (Å²) >= 11 is 0. The Morgan fingerprint density at radius 1 is 1.45 bits per heavy atom.